The molecule has 186 valence electrons. The summed E-state index contributed by atoms with van der Waals surface area (Å²) in [5, 5.41) is 23.9. The number of piperidine rings is 1. The average molecular weight is 482 g/mol. The van der Waals surface area contributed by atoms with Crippen LogP contribution in [0.5, 0.6) is 11.5 Å². The molecule has 1 fully saturated rings. The van der Waals surface area contributed by atoms with Gasteiger partial charge in [0.15, 0.2) is 11.5 Å². The molecule has 3 aromatic rings. The SMILES string of the molecule is COCC1(C(=O)O)CCN(Cc2ccc(-c3noc(-c4ccc(OC(C)C)c(O)c4)n3)cc2)CC1. The Labute approximate surface area is 204 Å². The van der Waals surface area contributed by atoms with Crippen LogP contribution in [0.25, 0.3) is 22.8 Å². The second-order valence-electron chi connectivity index (χ2n) is 9.26. The van der Waals surface area contributed by atoms with Crippen molar-refractivity contribution in [2.75, 3.05) is 26.8 Å². The number of aromatic hydroxyl groups is 1. The summed E-state index contributed by atoms with van der Waals surface area (Å²) >= 11 is 0. The number of hydrogen-bond donors (Lipinski definition) is 2. The summed E-state index contributed by atoms with van der Waals surface area (Å²) < 4.78 is 16.1. The average Bonchev–Trinajstić information content (AvgIpc) is 3.32. The Balaban J connectivity index is 1.39. The zero-order chi connectivity index (χ0) is 25.0. The fraction of sp³-hybridized carbons (Fsp3) is 0.423. The van der Waals surface area contributed by atoms with E-state index in [1.807, 2.05) is 38.1 Å². The van der Waals surface area contributed by atoms with Gasteiger partial charge in [0.25, 0.3) is 5.89 Å². The van der Waals surface area contributed by atoms with Crippen LogP contribution in [0.2, 0.25) is 0 Å². The molecule has 0 aliphatic carbocycles. The third-order valence-corrected chi connectivity index (χ3v) is 6.30. The zero-order valence-corrected chi connectivity index (χ0v) is 20.2. The molecule has 35 heavy (non-hydrogen) atoms. The fourth-order valence-corrected chi connectivity index (χ4v) is 4.31. The third kappa shape index (κ3) is 5.63. The number of ether oxygens (including phenoxy) is 2. The molecular weight excluding hydrogens is 450 g/mol. The Morgan fingerprint density at radius 3 is 2.43 bits per heavy atom. The van der Waals surface area contributed by atoms with Gasteiger partial charge in [-0.3, -0.25) is 9.69 Å². The number of aromatic nitrogens is 2. The van der Waals surface area contributed by atoms with Crippen molar-refractivity contribution in [2.24, 2.45) is 5.41 Å². The summed E-state index contributed by atoms with van der Waals surface area (Å²) in [5.74, 6) is 0.401. The molecule has 0 spiro atoms. The Morgan fingerprint density at radius 1 is 1.14 bits per heavy atom. The lowest BCUT2D eigenvalue weighted by Crippen LogP contribution is -2.46. The van der Waals surface area contributed by atoms with E-state index in [9.17, 15) is 15.0 Å². The van der Waals surface area contributed by atoms with Gasteiger partial charge in [-0.2, -0.15) is 4.98 Å². The van der Waals surface area contributed by atoms with Crippen LogP contribution in [-0.4, -0.2) is 64.1 Å². The number of benzene rings is 2. The molecule has 2 N–H and O–H groups in total. The molecular formula is C26H31N3O6. The lowest BCUT2D eigenvalue weighted by Gasteiger charge is -2.38. The molecule has 0 amide bonds. The maximum atomic E-state index is 11.7. The molecule has 0 bridgehead atoms. The quantitative estimate of drug-likeness (QED) is 0.463. The minimum Gasteiger partial charge on any atom is -0.504 e. The lowest BCUT2D eigenvalue weighted by atomic mass is 9.79. The minimum atomic E-state index is -0.788. The summed E-state index contributed by atoms with van der Waals surface area (Å²) in [6.07, 6.45) is 1.09. The van der Waals surface area contributed by atoms with Crippen molar-refractivity contribution < 1.29 is 29.0 Å². The molecule has 0 saturated carbocycles. The number of nitrogens with zero attached hydrogens (tertiary/aromatic N) is 3. The first kappa shape index (κ1) is 24.7. The molecule has 2 heterocycles. The first-order valence-corrected chi connectivity index (χ1v) is 11.7. The molecule has 9 nitrogen and oxygen atoms in total. The molecule has 0 radical (unpaired) electrons. The number of carboxylic acid groups (broad SMARTS) is 1. The van der Waals surface area contributed by atoms with E-state index < -0.39 is 11.4 Å². The Kier molecular flexibility index (Phi) is 7.37. The van der Waals surface area contributed by atoms with E-state index in [4.69, 9.17) is 14.0 Å². The van der Waals surface area contributed by atoms with Crippen LogP contribution < -0.4 is 4.74 Å². The van der Waals surface area contributed by atoms with Gasteiger partial charge < -0.3 is 24.2 Å². The summed E-state index contributed by atoms with van der Waals surface area (Å²) in [7, 11) is 1.55. The van der Waals surface area contributed by atoms with E-state index in [-0.39, 0.29) is 18.5 Å². The smallest absolute Gasteiger partial charge is 0.312 e. The van der Waals surface area contributed by atoms with E-state index in [0.717, 1.165) is 17.7 Å². The van der Waals surface area contributed by atoms with Crippen molar-refractivity contribution in [3.63, 3.8) is 0 Å². The van der Waals surface area contributed by atoms with Crippen LogP contribution in [-0.2, 0) is 16.1 Å². The van der Waals surface area contributed by atoms with Gasteiger partial charge in [-0.05, 0) is 63.5 Å². The molecule has 4 rings (SSSR count). The Bertz CT molecular complexity index is 1150. The topological polar surface area (TPSA) is 118 Å². The van der Waals surface area contributed by atoms with Crippen LogP contribution in [0.4, 0.5) is 0 Å². The number of carboxylic acids is 1. The number of hydrogen-bond acceptors (Lipinski definition) is 8. The van der Waals surface area contributed by atoms with Gasteiger partial charge in [-0.25, -0.2) is 0 Å². The molecule has 0 atom stereocenters. The first-order valence-electron chi connectivity index (χ1n) is 11.7. The van der Waals surface area contributed by atoms with Crippen LogP contribution in [0, 0.1) is 5.41 Å². The van der Waals surface area contributed by atoms with Crippen molar-refractivity contribution in [1.29, 1.82) is 0 Å². The van der Waals surface area contributed by atoms with Gasteiger partial charge in [0, 0.05) is 24.8 Å². The highest BCUT2D eigenvalue weighted by Crippen LogP contribution is 2.34. The Morgan fingerprint density at radius 2 is 1.83 bits per heavy atom. The summed E-state index contributed by atoms with van der Waals surface area (Å²) in [6.45, 7) is 6.18. The van der Waals surface area contributed by atoms with Crippen molar-refractivity contribution >= 4 is 5.97 Å². The maximum absolute atomic E-state index is 11.7. The molecule has 1 aromatic heterocycles. The predicted octanol–water partition coefficient (Wildman–Crippen LogP) is 4.21. The highest BCUT2D eigenvalue weighted by atomic mass is 16.5. The highest BCUT2D eigenvalue weighted by molar-refractivity contribution is 5.75. The predicted molar refractivity (Wildman–Crippen MR) is 129 cm³/mol. The molecule has 1 saturated heterocycles. The van der Waals surface area contributed by atoms with Crippen LogP contribution in [0.1, 0.15) is 32.3 Å². The lowest BCUT2D eigenvalue weighted by molar-refractivity contribution is -0.156. The van der Waals surface area contributed by atoms with Crippen molar-refractivity contribution in [1.82, 2.24) is 15.0 Å². The summed E-state index contributed by atoms with van der Waals surface area (Å²) in [5.41, 5.74) is 1.75. The minimum absolute atomic E-state index is 0.0147. The van der Waals surface area contributed by atoms with Gasteiger partial charge in [-0.1, -0.05) is 29.4 Å². The van der Waals surface area contributed by atoms with Gasteiger partial charge in [0.1, 0.15) is 0 Å². The van der Waals surface area contributed by atoms with E-state index in [1.165, 1.54) is 0 Å². The number of phenols is 1. The van der Waals surface area contributed by atoms with Crippen molar-refractivity contribution in [2.45, 2.75) is 39.3 Å². The number of phenolic OH excluding ortho intramolecular Hbond substituents is 1. The molecule has 9 heteroatoms. The van der Waals surface area contributed by atoms with Crippen molar-refractivity contribution in [3.05, 3.63) is 48.0 Å². The molecule has 1 aliphatic heterocycles. The number of aliphatic carboxylic acids is 1. The van der Waals surface area contributed by atoms with Crippen LogP contribution >= 0.6 is 0 Å². The highest BCUT2D eigenvalue weighted by Gasteiger charge is 2.41. The van der Waals surface area contributed by atoms with E-state index in [1.54, 1.807) is 25.3 Å². The van der Waals surface area contributed by atoms with Crippen LogP contribution in [0.15, 0.2) is 47.0 Å². The van der Waals surface area contributed by atoms with Crippen LogP contribution in [0.3, 0.4) is 0 Å². The normalized spacial score (nSPS) is 15.9. The number of methoxy groups -OCH3 is 1. The summed E-state index contributed by atoms with van der Waals surface area (Å²) in [6, 6.07) is 12.9. The van der Waals surface area contributed by atoms with Gasteiger partial charge in [-0.15, -0.1) is 0 Å². The second kappa shape index (κ2) is 10.5. The molecule has 1 aliphatic rings. The van der Waals surface area contributed by atoms with Crippen molar-refractivity contribution in [3.8, 4) is 34.3 Å². The fourth-order valence-electron chi connectivity index (χ4n) is 4.31. The van der Waals surface area contributed by atoms with E-state index in [2.05, 4.69) is 15.0 Å². The van der Waals surface area contributed by atoms with Gasteiger partial charge in [0.2, 0.25) is 5.82 Å². The standard InChI is InChI=1S/C26H31N3O6/c1-17(2)34-22-9-8-20(14-21(22)30)24-27-23(28-35-24)19-6-4-18(5-7-19)15-29-12-10-26(11-13-29,16-33-3)25(31)32/h4-9,14,17,30H,10-13,15-16H2,1-3H3,(H,31,32). The number of rotatable bonds is 9. The van der Waals surface area contributed by atoms with Gasteiger partial charge in [0.05, 0.1) is 18.1 Å². The maximum Gasteiger partial charge on any atom is 0.312 e. The van der Waals surface area contributed by atoms with E-state index in [0.29, 0.717) is 49.0 Å². The first-order chi connectivity index (χ1) is 16.8. The van der Waals surface area contributed by atoms with E-state index >= 15 is 0 Å². The molecule has 0 unspecified atom stereocenters. The Hall–Kier alpha value is -3.43. The number of likely N-dealkylation sites (tertiary alicyclic amines) is 1. The largest absolute Gasteiger partial charge is 0.504 e. The second-order valence-corrected chi connectivity index (χ2v) is 9.26. The summed E-state index contributed by atoms with van der Waals surface area (Å²) in [4.78, 5) is 18.5. The third-order valence-electron chi connectivity index (χ3n) is 6.30. The monoisotopic (exact) mass is 481 g/mol. The zero-order valence-electron chi connectivity index (χ0n) is 20.2. The van der Waals surface area contributed by atoms with Gasteiger partial charge >= 0.3 is 5.97 Å². The number of carbonyl (C=O) groups is 1. The molecule has 2 aromatic carbocycles.